The maximum atomic E-state index is 12.3. The number of hydrogen-bond acceptors (Lipinski definition) is 3. The van der Waals surface area contributed by atoms with Crippen molar-refractivity contribution in [3.05, 3.63) is 52.5 Å². The molecule has 6 heteroatoms. The third kappa shape index (κ3) is 3.05. The number of hydrogen-bond donors (Lipinski definition) is 2. The number of halogens is 1. The summed E-state index contributed by atoms with van der Waals surface area (Å²) in [6.45, 7) is 3.89. The van der Waals surface area contributed by atoms with Crippen LogP contribution in [0.5, 0.6) is 0 Å². The van der Waals surface area contributed by atoms with Gasteiger partial charge in [0.15, 0.2) is 0 Å². The van der Waals surface area contributed by atoms with E-state index in [4.69, 9.17) is 17.3 Å². The second-order valence-electron chi connectivity index (χ2n) is 4.59. The van der Waals surface area contributed by atoms with Gasteiger partial charge in [-0.1, -0.05) is 17.7 Å². The van der Waals surface area contributed by atoms with E-state index in [1.165, 1.54) is 18.2 Å². The van der Waals surface area contributed by atoms with Crippen molar-refractivity contribution in [3.8, 4) is 0 Å². The Balaban J connectivity index is 2.35. The summed E-state index contributed by atoms with van der Waals surface area (Å²) < 4.78 is 27.0. The second kappa shape index (κ2) is 5.34. The molecule has 3 N–H and O–H groups in total. The molecule has 0 saturated carbocycles. The van der Waals surface area contributed by atoms with Gasteiger partial charge in [-0.15, -0.1) is 0 Å². The van der Waals surface area contributed by atoms with E-state index >= 15 is 0 Å². The molecule has 4 nitrogen and oxygen atoms in total. The van der Waals surface area contributed by atoms with Crippen LogP contribution >= 0.6 is 11.6 Å². The highest BCUT2D eigenvalue weighted by atomic mass is 35.5. The fourth-order valence-corrected chi connectivity index (χ4v) is 2.91. The van der Waals surface area contributed by atoms with Crippen LogP contribution in [0.3, 0.4) is 0 Å². The lowest BCUT2D eigenvalue weighted by molar-refractivity contribution is 0.601. The zero-order valence-electron chi connectivity index (χ0n) is 11.1. The Labute approximate surface area is 123 Å². The number of nitrogen functional groups attached to an aromatic ring is 1. The number of aryl methyl sites for hydroxylation is 2. The zero-order chi connectivity index (χ0) is 14.9. The Kier molecular flexibility index (Phi) is 3.92. The van der Waals surface area contributed by atoms with Gasteiger partial charge < -0.3 is 5.73 Å². The molecule has 2 rings (SSSR count). The first-order valence-electron chi connectivity index (χ1n) is 5.95. The Morgan fingerprint density at radius 3 is 2.35 bits per heavy atom. The van der Waals surface area contributed by atoms with E-state index in [0.717, 1.165) is 11.1 Å². The maximum absolute atomic E-state index is 12.3. The number of nitrogens with one attached hydrogen (secondary N) is 1. The normalized spacial score (nSPS) is 11.3. The molecule has 0 bridgehead atoms. The van der Waals surface area contributed by atoms with Gasteiger partial charge in [0, 0.05) is 5.69 Å². The van der Waals surface area contributed by atoms with Crippen LogP contribution in [0.25, 0.3) is 0 Å². The summed E-state index contributed by atoms with van der Waals surface area (Å²) in [6.07, 6.45) is 0. The smallest absolute Gasteiger partial charge is 0.261 e. The van der Waals surface area contributed by atoms with Crippen LogP contribution in [0.4, 0.5) is 11.4 Å². The van der Waals surface area contributed by atoms with E-state index in [2.05, 4.69) is 4.72 Å². The van der Waals surface area contributed by atoms with E-state index in [0.29, 0.717) is 10.7 Å². The average molecular weight is 311 g/mol. The van der Waals surface area contributed by atoms with Crippen LogP contribution < -0.4 is 10.5 Å². The van der Waals surface area contributed by atoms with E-state index in [-0.39, 0.29) is 10.6 Å². The summed E-state index contributed by atoms with van der Waals surface area (Å²) in [7, 11) is -3.67. The van der Waals surface area contributed by atoms with E-state index in [9.17, 15) is 8.42 Å². The molecular weight excluding hydrogens is 296 g/mol. The minimum absolute atomic E-state index is 0.0811. The van der Waals surface area contributed by atoms with Gasteiger partial charge in [-0.05, 0) is 55.3 Å². The third-order valence-electron chi connectivity index (χ3n) is 3.04. The molecular formula is C14H15ClN2O2S. The number of rotatable bonds is 3. The first-order valence-corrected chi connectivity index (χ1v) is 7.81. The molecule has 0 amide bonds. The number of anilines is 2. The summed E-state index contributed by atoms with van der Waals surface area (Å²) in [6, 6.07) is 9.59. The summed E-state index contributed by atoms with van der Waals surface area (Å²) >= 11 is 5.79. The molecule has 0 spiro atoms. The van der Waals surface area contributed by atoms with Gasteiger partial charge >= 0.3 is 0 Å². The van der Waals surface area contributed by atoms with Crippen molar-refractivity contribution in [2.75, 3.05) is 10.5 Å². The fourth-order valence-electron chi connectivity index (χ4n) is 1.71. The predicted molar refractivity (Wildman–Crippen MR) is 82.6 cm³/mol. The quantitative estimate of drug-likeness (QED) is 0.854. The summed E-state index contributed by atoms with van der Waals surface area (Å²) in [5.41, 5.74) is 8.49. The lowest BCUT2D eigenvalue weighted by Gasteiger charge is -2.10. The fraction of sp³-hybridized carbons (Fsp3) is 0.143. The Bertz CT molecular complexity index is 758. The number of nitrogens with two attached hydrogens (primary N) is 1. The molecule has 2 aromatic carbocycles. The average Bonchev–Trinajstić information content (AvgIpc) is 2.37. The Morgan fingerprint density at radius 1 is 1.05 bits per heavy atom. The van der Waals surface area contributed by atoms with E-state index in [1.807, 2.05) is 19.9 Å². The topological polar surface area (TPSA) is 72.2 Å². The molecule has 0 heterocycles. The van der Waals surface area contributed by atoms with Crippen LogP contribution in [0.15, 0.2) is 41.3 Å². The van der Waals surface area contributed by atoms with Gasteiger partial charge in [-0.25, -0.2) is 8.42 Å². The van der Waals surface area contributed by atoms with E-state index in [1.54, 1.807) is 12.1 Å². The van der Waals surface area contributed by atoms with Crippen molar-refractivity contribution in [3.63, 3.8) is 0 Å². The minimum atomic E-state index is -3.67. The zero-order valence-corrected chi connectivity index (χ0v) is 12.7. The monoisotopic (exact) mass is 310 g/mol. The van der Waals surface area contributed by atoms with E-state index < -0.39 is 10.0 Å². The molecule has 0 unspecified atom stereocenters. The van der Waals surface area contributed by atoms with Gasteiger partial charge in [0.2, 0.25) is 0 Å². The number of benzene rings is 2. The first kappa shape index (κ1) is 14.7. The number of sulfonamides is 1. The Hall–Kier alpha value is -1.72. The van der Waals surface area contributed by atoms with Crippen molar-refractivity contribution in [2.45, 2.75) is 18.7 Å². The van der Waals surface area contributed by atoms with Gasteiger partial charge in [-0.2, -0.15) is 0 Å². The van der Waals surface area contributed by atoms with Gasteiger partial charge in [-0.3, -0.25) is 4.72 Å². The molecule has 0 aliphatic heterocycles. The largest absolute Gasteiger partial charge is 0.397 e. The third-order valence-corrected chi connectivity index (χ3v) is 4.76. The minimum Gasteiger partial charge on any atom is -0.397 e. The van der Waals surface area contributed by atoms with Crippen molar-refractivity contribution in [2.24, 2.45) is 0 Å². The molecule has 0 radical (unpaired) electrons. The lowest BCUT2D eigenvalue weighted by atomic mass is 10.1. The molecule has 0 aliphatic rings. The summed E-state index contributed by atoms with van der Waals surface area (Å²) in [4.78, 5) is 0.0811. The van der Waals surface area contributed by atoms with Crippen molar-refractivity contribution >= 4 is 33.0 Å². The van der Waals surface area contributed by atoms with Gasteiger partial charge in [0.1, 0.15) is 0 Å². The molecule has 0 fully saturated rings. The first-order chi connectivity index (χ1) is 9.29. The molecule has 0 aliphatic carbocycles. The molecule has 0 atom stereocenters. The molecule has 20 heavy (non-hydrogen) atoms. The second-order valence-corrected chi connectivity index (χ2v) is 6.68. The van der Waals surface area contributed by atoms with Crippen LogP contribution in [-0.2, 0) is 10.0 Å². The van der Waals surface area contributed by atoms with Crippen molar-refractivity contribution in [1.29, 1.82) is 0 Å². The lowest BCUT2D eigenvalue weighted by Crippen LogP contribution is -2.13. The van der Waals surface area contributed by atoms with Crippen LogP contribution in [0.1, 0.15) is 11.1 Å². The van der Waals surface area contributed by atoms with Crippen LogP contribution in [0, 0.1) is 13.8 Å². The van der Waals surface area contributed by atoms with Crippen LogP contribution in [-0.4, -0.2) is 8.42 Å². The van der Waals surface area contributed by atoms with Crippen LogP contribution in [0.2, 0.25) is 5.02 Å². The van der Waals surface area contributed by atoms with Gasteiger partial charge in [0.05, 0.1) is 15.6 Å². The molecule has 106 valence electrons. The highest BCUT2D eigenvalue weighted by molar-refractivity contribution is 7.92. The van der Waals surface area contributed by atoms with Crippen molar-refractivity contribution in [1.82, 2.24) is 0 Å². The Morgan fingerprint density at radius 2 is 1.75 bits per heavy atom. The predicted octanol–water partition coefficient (Wildman–Crippen LogP) is 3.34. The SMILES string of the molecule is Cc1ccc(NS(=O)(=O)c2ccc(Cl)c(N)c2)cc1C. The summed E-state index contributed by atoms with van der Waals surface area (Å²) in [5, 5.41) is 0.329. The van der Waals surface area contributed by atoms with Crippen molar-refractivity contribution < 1.29 is 8.42 Å². The maximum Gasteiger partial charge on any atom is 0.261 e. The molecule has 2 aromatic rings. The highest BCUT2D eigenvalue weighted by Crippen LogP contribution is 2.24. The van der Waals surface area contributed by atoms with Gasteiger partial charge in [0.25, 0.3) is 10.0 Å². The molecule has 0 saturated heterocycles. The highest BCUT2D eigenvalue weighted by Gasteiger charge is 2.15. The standard InChI is InChI=1S/C14H15ClN2O2S/c1-9-3-4-11(7-10(9)2)17-20(18,19)12-5-6-13(15)14(16)8-12/h3-8,17H,16H2,1-2H3. The molecule has 0 aromatic heterocycles. The summed E-state index contributed by atoms with van der Waals surface area (Å²) in [5.74, 6) is 0.